The van der Waals surface area contributed by atoms with Crippen LogP contribution in [0.15, 0.2) is 95.7 Å². The molecule has 0 radical (unpaired) electrons. The van der Waals surface area contributed by atoms with Gasteiger partial charge in [-0.05, 0) is 41.5 Å². The highest BCUT2D eigenvalue weighted by Gasteiger charge is 2.23. The third kappa shape index (κ3) is 5.92. The molecule has 0 fully saturated rings. The molecule has 0 spiro atoms. The zero-order valence-corrected chi connectivity index (χ0v) is 20.6. The Morgan fingerprint density at radius 1 is 0.868 bits per heavy atom. The van der Waals surface area contributed by atoms with E-state index in [0.29, 0.717) is 17.9 Å². The molecule has 0 saturated heterocycles. The maximum atomic E-state index is 13.1. The third-order valence-corrected chi connectivity index (χ3v) is 6.33. The van der Waals surface area contributed by atoms with Crippen LogP contribution in [-0.2, 0) is 17.6 Å². The number of nitrogens with zero attached hydrogens (tertiary/aromatic N) is 3. The highest BCUT2D eigenvalue weighted by molar-refractivity contribution is 5.98. The number of carbonyl (C=O) groups excluding carboxylic acids is 1. The van der Waals surface area contributed by atoms with Crippen molar-refractivity contribution in [2.45, 2.75) is 31.7 Å². The van der Waals surface area contributed by atoms with Crippen molar-refractivity contribution in [1.29, 1.82) is 0 Å². The predicted molar refractivity (Wildman–Crippen MR) is 142 cm³/mol. The van der Waals surface area contributed by atoms with Gasteiger partial charge in [-0.15, -0.1) is 10.2 Å². The summed E-state index contributed by atoms with van der Waals surface area (Å²) >= 11 is 0. The zero-order chi connectivity index (χ0) is 26.3. The number of fused-ring (bicyclic) bond motifs is 1. The Kier molecular flexibility index (Phi) is 7.49. The number of carbonyl (C=O) groups is 2. The summed E-state index contributed by atoms with van der Waals surface area (Å²) in [5.41, 5.74) is 3.49. The molecule has 0 unspecified atom stereocenters. The molecular weight excluding hydrogens is 480 g/mol. The summed E-state index contributed by atoms with van der Waals surface area (Å²) in [6.45, 7) is 0. The maximum Gasteiger partial charge on any atom is 0.303 e. The summed E-state index contributed by atoms with van der Waals surface area (Å²) < 4.78 is 5.82. The average Bonchev–Trinajstić information content (AvgIpc) is 3.43. The molecule has 1 atom stereocenters. The van der Waals surface area contributed by atoms with E-state index in [1.165, 1.54) is 0 Å². The van der Waals surface area contributed by atoms with Gasteiger partial charge in [0.15, 0.2) is 0 Å². The molecule has 2 aromatic heterocycles. The Morgan fingerprint density at radius 3 is 2.42 bits per heavy atom. The molecule has 5 aromatic rings. The van der Waals surface area contributed by atoms with Crippen LogP contribution in [0, 0.1) is 0 Å². The highest BCUT2D eigenvalue weighted by Crippen LogP contribution is 2.28. The van der Waals surface area contributed by atoms with Gasteiger partial charge in [-0.2, -0.15) is 0 Å². The quantitative estimate of drug-likeness (QED) is 0.260. The standard InChI is InChI=1S/C30H26N4O4/c35-28(36)17-15-26(30-34-33-27(38-30)16-10-20-6-2-1-3-7-20)32-29(37)22-13-11-21(12-14-22)25-19-31-18-23-8-4-5-9-24(23)25/h1-9,11-14,18-19,26H,10,15-17H2,(H,32,37)(H,35,36)/t26-/m0/s1. The molecular formula is C30H26N4O4. The van der Waals surface area contributed by atoms with E-state index >= 15 is 0 Å². The Labute approximate surface area is 219 Å². The molecule has 8 nitrogen and oxygen atoms in total. The van der Waals surface area contributed by atoms with E-state index in [1.54, 1.807) is 12.1 Å². The minimum Gasteiger partial charge on any atom is -0.481 e. The second-order valence-corrected chi connectivity index (χ2v) is 8.96. The van der Waals surface area contributed by atoms with Gasteiger partial charge >= 0.3 is 5.97 Å². The molecule has 0 aliphatic carbocycles. The van der Waals surface area contributed by atoms with E-state index in [-0.39, 0.29) is 24.6 Å². The fraction of sp³-hybridized carbons (Fsp3) is 0.167. The Morgan fingerprint density at radius 2 is 1.63 bits per heavy atom. The largest absolute Gasteiger partial charge is 0.481 e. The topological polar surface area (TPSA) is 118 Å². The van der Waals surface area contributed by atoms with Gasteiger partial charge in [0.2, 0.25) is 11.8 Å². The van der Waals surface area contributed by atoms with Crippen molar-refractivity contribution < 1.29 is 19.1 Å². The SMILES string of the molecule is O=C(O)CC[C@H](NC(=O)c1ccc(-c2cncc3ccccc23)cc1)c1nnc(CCc2ccccc2)o1. The fourth-order valence-corrected chi connectivity index (χ4v) is 4.32. The van der Waals surface area contributed by atoms with Crippen molar-refractivity contribution in [1.82, 2.24) is 20.5 Å². The summed E-state index contributed by atoms with van der Waals surface area (Å²) in [5.74, 6) is -0.694. The highest BCUT2D eigenvalue weighted by atomic mass is 16.4. The van der Waals surface area contributed by atoms with Gasteiger partial charge in [0.25, 0.3) is 5.91 Å². The first-order chi connectivity index (χ1) is 18.6. The molecule has 0 aliphatic heterocycles. The smallest absolute Gasteiger partial charge is 0.303 e. The van der Waals surface area contributed by atoms with Crippen molar-refractivity contribution in [2.75, 3.05) is 0 Å². The summed E-state index contributed by atoms with van der Waals surface area (Å²) in [6.07, 6.45) is 4.88. The zero-order valence-electron chi connectivity index (χ0n) is 20.6. The van der Waals surface area contributed by atoms with E-state index in [2.05, 4.69) is 20.5 Å². The number of amides is 1. The Balaban J connectivity index is 1.30. The number of pyridine rings is 1. The number of carboxylic acids is 1. The molecule has 1 amide bonds. The number of aryl methyl sites for hydroxylation is 2. The normalized spacial score (nSPS) is 11.8. The first-order valence-corrected chi connectivity index (χ1v) is 12.4. The number of carboxylic acid groups (broad SMARTS) is 1. The van der Waals surface area contributed by atoms with E-state index < -0.39 is 12.0 Å². The van der Waals surface area contributed by atoms with Crippen LogP contribution in [-0.4, -0.2) is 32.2 Å². The number of aliphatic carboxylic acids is 1. The summed E-state index contributed by atoms with van der Waals surface area (Å²) in [5, 5.41) is 22.4. The van der Waals surface area contributed by atoms with Crippen LogP contribution in [0.25, 0.3) is 21.9 Å². The number of hydrogen-bond acceptors (Lipinski definition) is 6. The van der Waals surface area contributed by atoms with Gasteiger partial charge in [0, 0.05) is 41.7 Å². The summed E-state index contributed by atoms with van der Waals surface area (Å²) in [7, 11) is 0. The molecule has 0 aliphatic rings. The molecule has 2 N–H and O–H groups in total. The number of benzene rings is 3. The molecule has 8 heteroatoms. The molecule has 2 heterocycles. The summed E-state index contributed by atoms with van der Waals surface area (Å²) in [4.78, 5) is 28.7. The van der Waals surface area contributed by atoms with Gasteiger partial charge < -0.3 is 14.8 Å². The lowest BCUT2D eigenvalue weighted by atomic mass is 10.00. The minimum absolute atomic E-state index is 0.126. The summed E-state index contributed by atoms with van der Waals surface area (Å²) in [6, 6.07) is 24.4. The van der Waals surface area contributed by atoms with Crippen LogP contribution < -0.4 is 5.32 Å². The molecule has 3 aromatic carbocycles. The first kappa shape index (κ1) is 24.8. The van der Waals surface area contributed by atoms with Crippen LogP contribution in [0.5, 0.6) is 0 Å². The third-order valence-electron chi connectivity index (χ3n) is 6.33. The van der Waals surface area contributed by atoms with E-state index in [9.17, 15) is 14.7 Å². The van der Waals surface area contributed by atoms with Gasteiger partial charge in [-0.25, -0.2) is 0 Å². The molecule has 190 valence electrons. The molecule has 0 bridgehead atoms. The van der Waals surface area contributed by atoms with Crippen LogP contribution in [0.4, 0.5) is 0 Å². The lowest BCUT2D eigenvalue weighted by Gasteiger charge is -2.15. The Hall–Kier alpha value is -4.85. The second kappa shape index (κ2) is 11.5. The van der Waals surface area contributed by atoms with E-state index in [4.69, 9.17) is 4.42 Å². The van der Waals surface area contributed by atoms with Crippen LogP contribution in [0.3, 0.4) is 0 Å². The lowest BCUT2D eigenvalue weighted by molar-refractivity contribution is -0.137. The van der Waals surface area contributed by atoms with Crippen molar-refractivity contribution in [2.24, 2.45) is 0 Å². The van der Waals surface area contributed by atoms with Crippen molar-refractivity contribution >= 4 is 22.6 Å². The molecule has 38 heavy (non-hydrogen) atoms. The molecule has 5 rings (SSSR count). The van der Waals surface area contributed by atoms with E-state index in [0.717, 1.165) is 33.9 Å². The second-order valence-electron chi connectivity index (χ2n) is 8.96. The first-order valence-electron chi connectivity index (χ1n) is 12.4. The predicted octanol–water partition coefficient (Wildman–Crippen LogP) is 5.41. The van der Waals surface area contributed by atoms with Gasteiger partial charge in [-0.3, -0.25) is 14.6 Å². The Bertz CT molecular complexity index is 1540. The van der Waals surface area contributed by atoms with Gasteiger partial charge in [-0.1, -0.05) is 66.7 Å². The number of rotatable bonds is 10. The van der Waals surface area contributed by atoms with Crippen LogP contribution in [0.2, 0.25) is 0 Å². The number of nitrogens with one attached hydrogen (secondary N) is 1. The maximum absolute atomic E-state index is 13.1. The lowest BCUT2D eigenvalue weighted by Crippen LogP contribution is -2.29. The molecule has 0 saturated carbocycles. The van der Waals surface area contributed by atoms with Crippen molar-refractivity contribution in [3.8, 4) is 11.1 Å². The van der Waals surface area contributed by atoms with Crippen molar-refractivity contribution in [3.05, 3.63) is 114 Å². The van der Waals surface area contributed by atoms with Crippen LogP contribution >= 0.6 is 0 Å². The van der Waals surface area contributed by atoms with Crippen LogP contribution in [0.1, 0.15) is 46.6 Å². The average molecular weight is 507 g/mol. The van der Waals surface area contributed by atoms with Crippen molar-refractivity contribution in [3.63, 3.8) is 0 Å². The van der Waals surface area contributed by atoms with E-state index in [1.807, 2.05) is 79.1 Å². The number of hydrogen-bond donors (Lipinski definition) is 2. The minimum atomic E-state index is -0.971. The fourth-order valence-electron chi connectivity index (χ4n) is 4.32. The van der Waals surface area contributed by atoms with Gasteiger partial charge in [0.05, 0.1) is 0 Å². The number of aromatic nitrogens is 3. The monoisotopic (exact) mass is 506 g/mol. The van der Waals surface area contributed by atoms with Gasteiger partial charge in [0.1, 0.15) is 6.04 Å².